The number of nitrogens with one attached hydrogen (secondary N) is 2. The van der Waals surface area contributed by atoms with Gasteiger partial charge in [-0.1, -0.05) is 32.6 Å². The Morgan fingerprint density at radius 1 is 1.16 bits per heavy atom. The van der Waals surface area contributed by atoms with Gasteiger partial charge in [0.25, 0.3) is 0 Å². The molecule has 2 rings (SSSR count). The van der Waals surface area contributed by atoms with Crippen LogP contribution in [0, 0.1) is 5.92 Å². The fourth-order valence-electron chi connectivity index (χ4n) is 3.54. The lowest BCUT2D eigenvalue weighted by molar-refractivity contribution is -0.126. The van der Waals surface area contributed by atoms with Crippen molar-refractivity contribution in [2.45, 2.75) is 76.8 Å². The van der Waals surface area contributed by atoms with Gasteiger partial charge in [0, 0.05) is 12.0 Å². The molecule has 1 saturated carbocycles. The van der Waals surface area contributed by atoms with E-state index < -0.39 is 0 Å². The minimum absolute atomic E-state index is 0.121. The lowest BCUT2D eigenvalue weighted by Crippen LogP contribution is -2.49. The predicted octanol–water partition coefficient (Wildman–Crippen LogP) is 2.65. The van der Waals surface area contributed by atoms with E-state index in [1.54, 1.807) is 0 Å². The summed E-state index contributed by atoms with van der Waals surface area (Å²) in [6, 6.07) is 0.668. The molecule has 19 heavy (non-hydrogen) atoms. The van der Waals surface area contributed by atoms with E-state index in [0.717, 1.165) is 51.6 Å². The molecule has 1 aliphatic carbocycles. The monoisotopic (exact) mass is 266 g/mol. The van der Waals surface area contributed by atoms with Crippen molar-refractivity contribution in [2.75, 3.05) is 13.1 Å². The molecule has 0 aromatic carbocycles. The molecule has 1 aliphatic heterocycles. The molecule has 2 aliphatic rings. The zero-order valence-electron chi connectivity index (χ0n) is 12.4. The Labute approximate surface area is 117 Å². The van der Waals surface area contributed by atoms with Gasteiger partial charge in [0.15, 0.2) is 5.78 Å². The Kier molecular flexibility index (Phi) is 6.32. The van der Waals surface area contributed by atoms with E-state index in [-0.39, 0.29) is 6.04 Å². The fourth-order valence-corrected chi connectivity index (χ4v) is 3.54. The van der Waals surface area contributed by atoms with Gasteiger partial charge < -0.3 is 10.6 Å². The summed E-state index contributed by atoms with van der Waals surface area (Å²) in [5, 5.41) is 7.05. The van der Waals surface area contributed by atoms with Gasteiger partial charge in [0.1, 0.15) is 0 Å². The SMILES string of the molecule is CCCC(NC1CCNCC1)C(=O)C1CCCCC1. The van der Waals surface area contributed by atoms with Crippen LogP contribution in [0.3, 0.4) is 0 Å². The summed E-state index contributed by atoms with van der Waals surface area (Å²) < 4.78 is 0. The predicted molar refractivity (Wildman–Crippen MR) is 79.3 cm³/mol. The van der Waals surface area contributed by atoms with Gasteiger partial charge in [-0.3, -0.25) is 4.79 Å². The van der Waals surface area contributed by atoms with Crippen molar-refractivity contribution in [1.82, 2.24) is 10.6 Å². The van der Waals surface area contributed by atoms with Gasteiger partial charge in [-0.2, -0.15) is 0 Å². The Hall–Kier alpha value is -0.410. The second-order valence-corrected chi connectivity index (χ2v) is 6.27. The molecular formula is C16H30N2O. The molecule has 0 aromatic heterocycles. The highest BCUT2D eigenvalue weighted by molar-refractivity contribution is 5.86. The summed E-state index contributed by atoms with van der Waals surface area (Å²) in [6.07, 6.45) is 10.5. The Morgan fingerprint density at radius 3 is 2.47 bits per heavy atom. The van der Waals surface area contributed by atoms with Crippen molar-refractivity contribution >= 4 is 5.78 Å². The second-order valence-electron chi connectivity index (χ2n) is 6.27. The largest absolute Gasteiger partial charge is 0.317 e. The fraction of sp³-hybridized carbons (Fsp3) is 0.938. The molecule has 0 amide bonds. The lowest BCUT2D eigenvalue weighted by Gasteiger charge is -2.31. The first-order chi connectivity index (χ1) is 9.31. The molecule has 110 valence electrons. The number of hydrogen-bond acceptors (Lipinski definition) is 3. The van der Waals surface area contributed by atoms with E-state index >= 15 is 0 Å². The number of carbonyl (C=O) groups is 1. The summed E-state index contributed by atoms with van der Waals surface area (Å²) in [6.45, 7) is 4.37. The topological polar surface area (TPSA) is 41.1 Å². The zero-order chi connectivity index (χ0) is 13.5. The minimum atomic E-state index is 0.121. The van der Waals surface area contributed by atoms with Crippen LogP contribution in [0.25, 0.3) is 0 Å². The third-order valence-electron chi connectivity index (χ3n) is 4.70. The quantitative estimate of drug-likeness (QED) is 0.776. The summed E-state index contributed by atoms with van der Waals surface area (Å²) >= 11 is 0. The van der Waals surface area contributed by atoms with E-state index in [0.29, 0.717) is 17.7 Å². The van der Waals surface area contributed by atoms with Crippen LogP contribution in [0.4, 0.5) is 0 Å². The van der Waals surface area contributed by atoms with Gasteiger partial charge in [0.05, 0.1) is 6.04 Å². The van der Waals surface area contributed by atoms with Crippen LogP contribution in [-0.2, 0) is 4.79 Å². The number of hydrogen-bond donors (Lipinski definition) is 2. The van der Waals surface area contributed by atoms with Crippen molar-refractivity contribution in [1.29, 1.82) is 0 Å². The van der Waals surface area contributed by atoms with Crippen molar-refractivity contribution in [2.24, 2.45) is 5.92 Å². The maximum Gasteiger partial charge on any atom is 0.152 e. The van der Waals surface area contributed by atoms with Crippen LogP contribution < -0.4 is 10.6 Å². The van der Waals surface area contributed by atoms with Gasteiger partial charge >= 0.3 is 0 Å². The Balaban J connectivity index is 1.87. The van der Waals surface area contributed by atoms with E-state index in [9.17, 15) is 4.79 Å². The van der Waals surface area contributed by atoms with E-state index in [2.05, 4.69) is 17.6 Å². The van der Waals surface area contributed by atoms with E-state index in [1.165, 1.54) is 19.3 Å². The Morgan fingerprint density at radius 2 is 1.84 bits per heavy atom. The van der Waals surface area contributed by atoms with Crippen LogP contribution >= 0.6 is 0 Å². The molecule has 1 unspecified atom stereocenters. The molecule has 0 bridgehead atoms. The number of ketones is 1. The lowest BCUT2D eigenvalue weighted by atomic mass is 9.82. The Bertz CT molecular complexity index is 268. The normalized spacial score (nSPS) is 24.3. The maximum atomic E-state index is 12.7. The van der Waals surface area contributed by atoms with Gasteiger partial charge in [-0.25, -0.2) is 0 Å². The van der Waals surface area contributed by atoms with Crippen molar-refractivity contribution in [3.63, 3.8) is 0 Å². The molecule has 2 fully saturated rings. The average Bonchev–Trinajstić information content (AvgIpc) is 2.48. The molecule has 3 nitrogen and oxygen atoms in total. The van der Waals surface area contributed by atoms with Crippen molar-refractivity contribution in [3.8, 4) is 0 Å². The van der Waals surface area contributed by atoms with Crippen LogP contribution in [0.2, 0.25) is 0 Å². The number of piperidine rings is 1. The molecule has 0 radical (unpaired) electrons. The summed E-state index contributed by atoms with van der Waals surface area (Å²) in [5.41, 5.74) is 0. The third kappa shape index (κ3) is 4.57. The third-order valence-corrected chi connectivity index (χ3v) is 4.70. The molecule has 3 heteroatoms. The molecule has 0 spiro atoms. The number of rotatable bonds is 6. The summed E-state index contributed by atoms with van der Waals surface area (Å²) in [5.74, 6) is 0.861. The van der Waals surface area contributed by atoms with Crippen molar-refractivity contribution < 1.29 is 4.79 Å². The van der Waals surface area contributed by atoms with Crippen molar-refractivity contribution in [3.05, 3.63) is 0 Å². The van der Waals surface area contributed by atoms with Crippen LogP contribution in [0.1, 0.15) is 64.7 Å². The van der Waals surface area contributed by atoms with Crippen LogP contribution in [-0.4, -0.2) is 31.0 Å². The standard InChI is InChI=1S/C16H30N2O/c1-2-6-15(18-14-9-11-17-12-10-14)16(19)13-7-4-3-5-8-13/h13-15,17-18H,2-12H2,1H3. The maximum absolute atomic E-state index is 12.7. The van der Waals surface area contributed by atoms with Gasteiger partial charge in [0.2, 0.25) is 0 Å². The van der Waals surface area contributed by atoms with Gasteiger partial charge in [-0.15, -0.1) is 0 Å². The van der Waals surface area contributed by atoms with E-state index in [4.69, 9.17) is 0 Å². The molecule has 1 heterocycles. The summed E-state index contributed by atoms with van der Waals surface area (Å²) in [4.78, 5) is 12.7. The molecule has 2 N–H and O–H groups in total. The average molecular weight is 266 g/mol. The smallest absolute Gasteiger partial charge is 0.152 e. The summed E-state index contributed by atoms with van der Waals surface area (Å²) in [7, 11) is 0. The van der Waals surface area contributed by atoms with E-state index in [1.807, 2.05) is 0 Å². The first-order valence-electron chi connectivity index (χ1n) is 8.31. The molecule has 1 atom stereocenters. The minimum Gasteiger partial charge on any atom is -0.317 e. The molecule has 1 saturated heterocycles. The zero-order valence-corrected chi connectivity index (χ0v) is 12.4. The first-order valence-corrected chi connectivity index (χ1v) is 8.31. The van der Waals surface area contributed by atoms with Gasteiger partial charge in [-0.05, 0) is 45.2 Å². The highest BCUT2D eigenvalue weighted by Crippen LogP contribution is 2.26. The molecular weight excluding hydrogens is 236 g/mol. The number of carbonyl (C=O) groups excluding carboxylic acids is 1. The highest BCUT2D eigenvalue weighted by atomic mass is 16.1. The highest BCUT2D eigenvalue weighted by Gasteiger charge is 2.29. The number of Topliss-reactive ketones (excluding diaryl/α,β-unsaturated/α-hetero) is 1. The first kappa shape index (κ1) is 15.0. The van der Waals surface area contributed by atoms with Crippen LogP contribution in [0.15, 0.2) is 0 Å². The second kappa shape index (κ2) is 8.01. The molecule has 0 aromatic rings. The van der Waals surface area contributed by atoms with Crippen LogP contribution in [0.5, 0.6) is 0 Å².